The van der Waals surface area contributed by atoms with Crippen LogP contribution >= 0.6 is 0 Å². The van der Waals surface area contributed by atoms with E-state index < -0.39 is 35.8 Å². The molecule has 2 aliphatic heterocycles. The molecule has 0 unspecified atom stereocenters. The highest BCUT2D eigenvalue weighted by Crippen LogP contribution is 2.31. The van der Waals surface area contributed by atoms with Gasteiger partial charge in [-0.15, -0.1) is 0 Å². The number of hydrogen-bond donors (Lipinski definition) is 1. The fraction of sp³-hybridized carbons (Fsp3) is 0.483. The van der Waals surface area contributed by atoms with Crippen LogP contribution in [0.2, 0.25) is 0 Å². The van der Waals surface area contributed by atoms with E-state index in [9.17, 15) is 31.9 Å². The Bertz CT molecular complexity index is 1290. The van der Waals surface area contributed by atoms with Crippen LogP contribution < -0.4 is 5.32 Å². The smallest absolute Gasteiger partial charge is 0.334 e. The molecule has 2 saturated heterocycles. The third-order valence-corrected chi connectivity index (χ3v) is 7.42. The molecule has 0 aliphatic carbocycles. The minimum Gasteiger partial charge on any atom is -0.334 e. The predicted molar refractivity (Wildman–Crippen MR) is 144 cm³/mol. The number of urea groups is 1. The van der Waals surface area contributed by atoms with Gasteiger partial charge in [-0.1, -0.05) is 29.8 Å². The molecule has 4 rings (SSSR count). The molecule has 2 aromatic rings. The molecule has 4 amide bonds. The molecule has 0 radical (unpaired) electrons. The standard InChI is InChI=1S/C29H35F4N5O3/c1-19-13-20(15-22(14-19)29(31,32)33)16-34-28(41)37-12-10-26(39)38-24(9-6-11-35(2)3)27(40)36(18-25(37)38)17-21-7-4-5-8-23(21)30/h4-5,7-8,13-15,24-25H,6,9-12,16-18H2,1-3H3,(H,34,41)/t24-,25+/m0/s1. The van der Waals surface area contributed by atoms with Gasteiger partial charge in [0.1, 0.15) is 18.0 Å². The van der Waals surface area contributed by atoms with Crippen LogP contribution in [-0.2, 0) is 28.9 Å². The maximum Gasteiger partial charge on any atom is 0.416 e. The van der Waals surface area contributed by atoms with Crippen molar-refractivity contribution < 1.29 is 31.9 Å². The van der Waals surface area contributed by atoms with Gasteiger partial charge < -0.3 is 24.9 Å². The summed E-state index contributed by atoms with van der Waals surface area (Å²) in [5, 5.41) is 2.69. The van der Waals surface area contributed by atoms with Gasteiger partial charge in [0.2, 0.25) is 11.8 Å². The summed E-state index contributed by atoms with van der Waals surface area (Å²) in [5.74, 6) is -1.02. The van der Waals surface area contributed by atoms with Crippen molar-refractivity contribution in [1.29, 1.82) is 0 Å². The van der Waals surface area contributed by atoms with Gasteiger partial charge >= 0.3 is 12.2 Å². The average molecular weight is 578 g/mol. The fourth-order valence-corrected chi connectivity index (χ4v) is 5.48. The highest BCUT2D eigenvalue weighted by atomic mass is 19.4. The molecule has 0 saturated carbocycles. The molecule has 12 heteroatoms. The van der Waals surface area contributed by atoms with Crippen LogP contribution in [0.5, 0.6) is 0 Å². The largest absolute Gasteiger partial charge is 0.416 e. The zero-order chi connectivity index (χ0) is 29.9. The molecule has 0 aromatic heterocycles. The molecule has 1 N–H and O–H groups in total. The first kappa shape index (κ1) is 30.3. The summed E-state index contributed by atoms with van der Waals surface area (Å²) in [5.41, 5.74) is 0.220. The van der Waals surface area contributed by atoms with E-state index in [1.807, 2.05) is 19.0 Å². The molecule has 222 valence electrons. The number of alkyl halides is 3. The van der Waals surface area contributed by atoms with Crippen LogP contribution in [0, 0.1) is 12.7 Å². The summed E-state index contributed by atoms with van der Waals surface area (Å²) < 4.78 is 54.4. The number of halogens is 4. The number of nitrogens with zero attached hydrogens (tertiary/aromatic N) is 4. The van der Waals surface area contributed by atoms with Crippen molar-refractivity contribution in [3.05, 3.63) is 70.5 Å². The first-order chi connectivity index (χ1) is 19.3. The summed E-state index contributed by atoms with van der Waals surface area (Å²) >= 11 is 0. The lowest BCUT2D eigenvalue weighted by molar-refractivity contribution is -0.167. The Balaban J connectivity index is 1.57. The molecule has 0 bridgehead atoms. The van der Waals surface area contributed by atoms with Gasteiger partial charge in [-0.2, -0.15) is 13.2 Å². The molecule has 0 spiro atoms. The van der Waals surface area contributed by atoms with Crippen LogP contribution in [0.3, 0.4) is 0 Å². The predicted octanol–water partition coefficient (Wildman–Crippen LogP) is 3.98. The number of nitrogens with one attached hydrogen (secondary N) is 1. The van der Waals surface area contributed by atoms with E-state index in [1.165, 1.54) is 20.8 Å². The summed E-state index contributed by atoms with van der Waals surface area (Å²) in [6.07, 6.45) is -4.32. The lowest BCUT2D eigenvalue weighted by Crippen LogP contribution is -2.71. The molecule has 2 aliphatic rings. The van der Waals surface area contributed by atoms with Crippen molar-refractivity contribution in [3.8, 4) is 0 Å². The minimum absolute atomic E-state index is 0.0113. The van der Waals surface area contributed by atoms with E-state index in [4.69, 9.17) is 0 Å². The van der Waals surface area contributed by atoms with Gasteiger partial charge in [0, 0.05) is 31.6 Å². The third-order valence-electron chi connectivity index (χ3n) is 7.42. The fourth-order valence-electron chi connectivity index (χ4n) is 5.48. The third kappa shape index (κ3) is 7.16. The van der Waals surface area contributed by atoms with Crippen LogP contribution in [0.1, 0.15) is 41.5 Å². The maximum atomic E-state index is 14.5. The van der Waals surface area contributed by atoms with Gasteiger partial charge in [0.15, 0.2) is 0 Å². The van der Waals surface area contributed by atoms with Crippen LogP contribution in [0.25, 0.3) is 0 Å². The second kappa shape index (κ2) is 12.5. The molecule has 2 fully saturated rings. The molecule has 2 aromatic carbocycles. The van der Waals surface area contributed by atoms with E-state index in [0.717, 1.165) is 12.1 Å². The Labute approximate surface area is 236 Å². The molecular formula is C29H35F4N5O3. The van der Waals surface area contributed by atoms with E-state index in [-0.39, 0.29) is 50.0 Å². The van der Waals surface area contributed by atoms with Crippen LogP contribution in [0.4, 0.5) is 22.4 Å². The Morgan fingerprint density at radius 3 is 2.54 bits per heavy atom. The van der Waals surface area contributed by atoms with Crippen molar-refractivity contribution in [2.75, 3.05) is 33.7 Å². The first-order valence-corrected chi connectivity index (χ1v) is 13.6. The normalized spacial score (nSPS) is 19.6. The molecule has 2 heterocycles. The van der Waals surface area contributed by atoms with E-state index in [0.29, 0.717) is 30.5 Å². The van der Waals surface area contributed by atoms with E-state index in [2.05, 4.69) is 5.32 Å². The number of carbonyl (C=O) groups excluding carboxylic acids is 3. The number of rotatable bonds is 8. The van der Waals surface area contributed by atoms with Crippen molar-refractivity contribution in [2.45, 2.75) is 57.7 Å². The number of carbonyl (C=O) groups is 3. The van der Waals surface area contributed by atoms with Crippen molar-refractivity contribution >= 4 is 17.8 Å². The lowest BCUT2D eigenvalue weighted by atomic mass is 9.99. The number of aryl methyl sites for hydroxylation is 1. The SMILES string of the molecule is Cc1cc(CNC(=O)N2CCC(=O)N3[C@@H]2CN(Cc2ccccc2F)C(=O)[C@@H]3CCCN(C)C)cc(C(F)(F)F)c1. The van der Waals surface area contributed by atoms with Crippen molar-refractivity contribution in [2.24, 2.45) is 0 Å². The van der Waals surface area contributed by atoms with Crippen molar-refractivity contribution in [3.63, 3.8) is 0 Å². The highest BCUT2D eigenvalue weighted by Gasteiger charge is 2.48. The number of amides is 4. The Morgan fingerprint density at radius 1 is 1.12 bits per heavy atom. The Kier molecular flexibility index (Phi) is 9.21. The summed E-state index contributed by atoms with van der Waals surface area (Å²) in [6.45, 7) is 2.13. The van der Waals surface area contributed by atoms with Crippen LogP contribution in [-0.4, -0.2) is 83.4 Å². The lowest BCUT2D eigenvalue weighted by Gasteiger charge is -2.52. The van der Waals surface area contributed by atoms with Gasteiger partial charge in [-0.3, -0.25) is 9.59 Å². The monoisotopic (exact) mass is 577 g/mol. The Morgan fingerprint density at radius 2 is 1.85 bits per heavy atom. The van der Waals surface area contributed by atoms with Gasteiger partial charge in [0.25, 0.3) is 0 Å². The van der Waals surface area contributed by atoms with E-state index >= 15 is 0 Å². The van der Waals surface area contributed by atoms with Gasteiger partial charge in [0.05, 0.1) is 12.1 Å². The zero-order valence-corrected chi connectivity index (χ0v) is 23.4. The quantitative estimate of drug-likeness (QED) is 0.482. The second-order valence-electron chi connectivity index (χ2n) is 10.9. The number of fused-ring (bicyclic) bond motifs is 1. The van der Waals surface area contributed by atoms with Crippen LogP contribution in [0.15, 0.2) is 42.5 Å². The first-order valence-electron chi connectivity index (χ1n) is 13.6. The van der Waals surface area contributed by atoms with Gasteiger partial charge in [-0.05, 0) is 64.2 Å². The topological polar surface area (TPSA) is 76.2 Å². The molecule has 8 nitrogen and oxygen atoms in total. The summed E-state index contributed by atoms with van der Waals surface area (Å²) in [7, 11) is 3.81. The summed E-state index contributed by atoms with van der Waals surface area (Å²) in [4.78, 5) is 46.5. The molecule has 2 atom stereocenters. The average Bonchev–Trinajstić information content (AvgIpc) is 2.89. The highest BCUT2D eigenvalue weighted by molar-refractivity contribution is 5.91. The molecular weight excluding hydrogens is 542 g/mol. The van der Waals surface area contributed by atoms with Gasteiger partial charge in [-0.25, -0.2) is 9.18 Å². The molecule has 41 heavy (non-hydrogen) atoms. The Hall–Kier alpha value is -3.67. The van der Waals surface area contributed by atoms with Crippen molar-refractivity contribution in [1.82, 2.24) is 24.9 Å². The zero-order valence-electron chi connectivity index (χ0n) is 23.4. The summed E-state index contributed by atoms with van der Waals surface area (Å²) in [6, 6.07) is 8.34. The number of hydrogen-bond acceptors (Lipinski definition) is 4. The second-order valence-corrected chi connectivity index (χ2v) is 10.9. The maximum absolute atomic E-state index is 14.5. The number of piperazine rings is 1. The number of benzene rings is 2. The minimum atomic E-state index is -4.52. The van der Waals surface area contributed by atoms with E-state index in [1.54, 1.807) is 31.2 Å².